The van der Waals surface area contributed by atoms with Crippen LogP contribution < -0.4 is 10.6 Å². The number of hydrogen-bond acceptors (Lipinski definition) is 3. The van der Waals surface area contributed by atoms with Gasteiger partial charge in [0.1, 0.15) is 0 Å². The van der Waals surface area contributed by atoms with Crippen molar-refractivity contribution in [2.75, 3.05) is 26.0 Å². The lowest BCUT2D eigenvalue weighted by molar-refractivity contribution is -0.115. The molecule has 0 aliphatic heterocycles. The van der Waals surface area contributed by atoms with E-state index in [1.165, 1.54) is 37.0 Å². The molecule has 24 heavy (non-hydrogen) atoms. The maximum atomic E-state index is 12.1. The Kier molecular flexibility index (Phi) is 7.25. The first-order chi connectivity index (χ1) is 11.6. The van der Waals surface area contributed by atoms with E-state index in [-0.39, 0.29) is 11.8 Å². The van der Waals surface area contributed by atoms with Crippen LogP contribution in [-0.2, 0) is 4.79 Å². The van der Waals surface area contributed by atoms with E-state index < -0.39 is 0 Å². The summed E-state index contributed by atoms with van der Waals surface area (Å²) >= 11 is 0. The highest BCUT2D eigenvalue weighted by molar-refractivity contribution is 5.95. The van der Waals surface area contributed by atoms with E-state index in [1.807, 2.05) is 0 Å². The summed E-state index contributed by atoms with van der Waals surface area (Å²) < 4.78 is 0. The van der Waals surface area contributed by atoms with Crippen molar-refractivity contribution in [3.63, 3.8) is 0 Å². The van der Waals surface area contributed by atoms with Crippen LogP contribution in [0.1, 0.15) is 55.3 Å². The Morgan fingerprint density at radius 3 is 2.17 bits per heavy atom. The van der Waals surface area contributed by atoms with Gasteiger partial charge in [0.05, 0.1) is 6.54 Å². The van der Waals surface area contributed by atoms with Crippen LogP contribution in [-0.4, -0.2) is 43.4 Å². The number of benzene rings is 1. The van der Waals surface area contributed by atoms with E-state index in [9.17, 15) is 9.59 Å². The zero-order valence-electron chi connectivity index (χ0n) is 14.8. The minimum atomic E-state index is -0.0428. The van der Waals surface area contributed by atoms with E-state index >= 15 is 0 Å². The first-order valence-corrected chi connectivity index (χ1v) is 8.91. The van der Waals surface area contributed by atoms with Gasteiger partial charge in [-0.2, -0.15) is 0 Å². The standard InChI is InChI=1S/C19H29N3O2/c1-22(2)19(24)15-10-12-17(13-11-15)21-18(23)14-20-16-8-6-4-3-5-7-9-16/h10-13,16,20H,3-9,14H2,1-2H3,(H,21,23). The van der Waals surface area contributed by atoms with Crippen LogP contribution in [0.5, 0.6) is 0 Å². The quantitative estimate of drug-likeness (QED) is 0.872. The van der Waals surface area contributed by atoms with Gasteiger partial charge in [-0.1, -0.05) is 32.1 Å². The van der Waals surface area contributed by atoms with E-state index in [0.29, 0.717) is 18.2 Å². The fraction of sp³-hybridized carbons (Fsp3) is 0.579. The molecule has 0 heterocycles. The number of hydrogen-bond donors (Lipinski definition) is 2. The fourth-order valence-electron chi connectivity index (χ4n) is 3.06. The van der Waals surface area contributed by atoms with Crippen molar-refractivity contribution in [1.82, 2.24) is 10.2 Å². The summed E-state index contributed by atoms with van der Waals surface area (Å²) in [5.74, 6) is -0.0810. The highest BCUT2D eigenvalue weighted by Gasteiger charge is 2.13. The van der Waals surface area contributed by atoms with Gasteiger partial charge in [-0.3, -0.25) is 9.59 Å². The number of nitrogens with zero attached hydrogens (tertiary/aromatic N) is 1. The maximum Gasteiger partial charge on any atom is 0.253 e. The summed E-state index contributed by atoms with van der Waals surface area (Å²) in [4.78, 5) is 25.5. The fourth-order valence-corrected chi connectivity index (χ4v) is 3.06. The molecule has 0 spiro atoms. The van der Waals surface area contributed by atoms with E-state index in [4.69, 9.17) is 0 Å². The molecule has 0 unspecified atom stereocenters. The smallest absolute Gasteiger partial charge is 0.253 e. The lowest BCUT2D eigenvalue weighted by Crippen LogP contribution is -2.36. The minimum Gasteiger partial charge on any atom is -0.345 e. The zero-order valence-corrected chi connectivity index (χ0v) is 14.8. The number of carbonyl (C=O) groups excluding carboxylic acids is 2. The van der Waals surface area contributed by atoms with Gasteiger partial charge in [0.2, 0.25) is 5.91 Å². The Bertz CT molecular complexity index is 532. The Hall–Kier alpha value is -1.88. The molecule has 1 saturated carbocycles. The molecule has 1 aromatic rings. The second-order valence-electron chi connectivity index (χ2n) is 6.75. The molecule has 0 bridgehead atoms. The number of nitrogens with one attached hydrogen (secondary N) is 2. The third-order valence-corrected chi connectivity index (χ3v) is 4.48. The summed E-state index contributed by atoms with van der Waals surface area (Å²) in [5.41, 5.74) is 1.33. The topological polar surface area (TPSA) is 61.4 Å². The highest BCUT2D eigenvalue weighted by Crippen LogP contribution is 2.17. The van der Waals surface area contributed by atoms with Crippen LogP contribution in [0.25, 0.3) is 0 Å². The molecule has 2 N–H and O–H groups in total. The first-order valence-electron chi connectivity index (χ1n) is 8.91. The molecule has 1 fully saturated rings. The monoisotopic (exact) mass is 331 g/mol. The van der Waals surface area contributed by atoms with Crippen molar-refractivity contribution in [1.29, 1.82) is 0 Å². The maximum absolute atomic E-state index is 12.1. The zero-order chi connectivity index (χ0) is 17.4. The Morgan fingerprint density at radius 2 is 1.58 bits per heavy atom. The molecule has 0 aromatic heterocycles. The van der Waals surface area contributed by atoms with Crippen LogP contribution in [0.4, 0.5) is 5.69 Å². The van der Waals surface area contributed by atoms with Crippen LogP contribution in [0.2, 0.25) is 0 Å². The number of rotatable bonds is 5. The SMILES string of the molecule is CN(C)C(=O)c1ccc(NC(=O)CNC2CCCCCCC2)cc1. The molecule has 2 amide bonds. The molecule has 2 rings (SSSR count). The minimum absolute atomic E-state index is 0.0382. The number of anilines is 1. The summed E-state index contributed by atoms with van der Waals surface area (Å²) in [6.45, 7) is 0.336. The third kappa shape index (κ3) is 5.96. The second-order valence-corrected chi connectivity index (χ2v) is 6.75. The van der Waals surface area contributed by atoms with Gasteiger partial charge >= 0.3 is 0 Å². The van der Waals surface area contributed by atoms with Gasteiger partial charge < -0.3 is 15.5 Å². The molecule has 1 aromatic carbocycles. The van der Waals surface area contributed by atoms with Crippen molar-refractivity contribution in [3.05, 3.63) is 29.8 Å². The van der Waals surface area contributed by atoms with Gasteiger partial charge in [-0.05, 0) is 37.1 Å². The number of amides is 2. The van der Waals surface area contributed by atoms with Gasteiger partial charge in [0.25, 0.3) is 5.91 Å². The Labute approximate surface area is 144 Å². The molecular formula is C19H29N3O2. The normalized spacial score (nSPS) is 16.1. The first kappa shape index (κ1) is 18.5. The molecule has 0 saturated heterocycles. The molecule has 5 nitrogen and oxygen atoms in total. The van der Waals surface area contributed by atoms with Crippen molar-refractivity contribution >= 4 is 17.5 Å². The highest BCUT2D eigenvalue weighted by atomic mass is 16.2. The van der Waals surface area contributed by atoms with Crippen LogP contribution in [0.3, 0.4) is 0 Å². The summed E-state index contributed by atoms with van der Waals surface area (Å²) in [6.07, 6.45) is 8.79. The predicted octanol–water partition coefficient (Wildman–Crippen LogP) is 3.03. The van der Waals surface area contributed by atoms with Gasteiger partial charge in [-0.25, -0.2) is 0 Å². The average molecular weight is 331 g/mol. The molecule has 132 valence electrons. The van der Waals surface area contributed by atoms with Crippen molar-refractivity contribution in [2.45, 2.75) is 51.0 Å². The molecule has 0 radical (unpaired) electrons. The van der Waals surface area contributed by atoms with Crippen LogP contribution in [0, 0.1) is 0 Å². The number of carbonyl (C=O) groups is 2. The second kappa shape index (κ2) is 9.42. The van der Waals surface area contributed by atoms with Crippen molar-refractivity contribution < 1.29 is 9.59 Å². The third-order valence-electron chi connectivity index (χ3n) is 4.48. The van der Waals surface area contributed by atoms with Crippen LogP contribution >= 0.6 is 0 Å². The molecule has 5 heteroatoms. The van der Waals surface area contributed by atoms with E-state index in [2.05, 4.69) is 10.6 Å². The largest absolute Gasteiger partial charge is 0.345 e. The summed E-state index contributed by atoms with van der Waals surface area (Å²) in [5, 5.41) is 6.26. The molecular weight excluding hydrogens is 302 g/mol. The molecule has 0 atom stereocenters. The summed E-state index contributed by atoms with van der Waals surface area (Å²) in [6, 6.07) is 7.46. The van der Waals surface area contributed by atoms with Crippen molar-refractivity contribution in [3.8, 4) is 0 Å². The predicted molar refractivity (Wildman–Crippen MR) is 97.2 cm³/mol. The van der Waals surface area contributed by atoms with E-state index in [0.717, 1.165) is 18.5 Å². The van der Waals surface area contributed by atoms with E-state index in [1.54, 1.807) is 38.4 Å². The van der Waals surface area contributed by atoms with Crippen molar-refractivity contribution in [2.24, 2.45) is 0 Å². The Balaban J connectivity index is 1.78. The van der Waals surface area contributed by atoms with Gasteiger partial charge in [-0.15, -0.1) is 0 Å². The Morgan fingerprint density at radius 1 is 1.00 bits per heavy atom. The molecule has 1 aliphatic rings. The lowest BCUT2D eigenvalue weighted by Gasteiger charge is -2.20. The average Bonchev–Trinajstić information content (AvgIpc) is 2.54. The van der Waals surface area contributed by atoms with Gasteiger partial charge in [0.15, 0.2) is 0 Å². The van der Waals surface area contributed by atoms with Gasteiger partial charge in [0, 0.05) is 31.4 Å². The molecule has 1 aliphatic carbocycles. The summed E-state index contributed by atoms with van der Waals surface area (Å²) in [7, 11) is 3.44. The van der Waals surface area contributed by atoms with Crippen LogP contribution in [0.15, 0.2) is 24.3 Å². The lowest BCUT2D eigenvalue weighted by atomic mass is 9.97.